The van der Waals surface area contributed by atoms with Gasteiger partial charge in [0.15, 0.2) is 0 Å². The summed E-state index contributed by atoms with van der Waals surface area (Å²) in [7, 11) is 4.11. The number of nitrogens with zero attached hydrogens (tertiary/aromatic N) is 1. The van der Waals surface area contributed by atoms with Gasteiger partial charge < -0.3 is 19.1 Å². The van der Waals surface area contributed by atoms with E-state index in [2.05, 4.69) is 0 Å². The Morgan fingerprint density at radius 1 is 0.900 bits per heavy atom. The van der Waals surface area contributed by atoms with E-state index in [9.17, 15) is 14.0 Å². The summed E-state index contributed by atoms with van der Waals surface area (Å²) >= 11 is 0. The minimum atomic E-state index is -0.751. The van der Waals surface area contributed by atoms with Crippen molar-refractivity contribution in [2.45, 2.75) is 12.5 Å². The third-order valence-corrected chi connectivity index (χ3v) is 4.82. The smallest absolute Gasteiger partial charge is 0.336 e. The standard InChI is InChI=1S/C23H22FNO5/c1-28-20-7-5-4-6-16(20)12-25-13-18(22(26)29-2)21(19(14-25)23(27)30-3)15-8-10-17(24)11-9-15/h4-11,13-14,21H,12H2,1-3H3. The summed E-state index contributed by atoms with van der Waals surface area (Å²) in [6, 6.07) is 13.1. The normalized spacial score (nSPS) is 13.9. The van der Waals surface area contributed by atoms with Crippen molar-refractivity contribution < 1.29 is 28.2 Å². The number of benzene rings is 2. The molecule has 0 N–H and O–H groups in total. The van der Waals surface area contributed by atoms with Gasteiger partial charge in [0.25, 0.3) is 0 Å². The molecule has 30 heavy (non-hydrogen) atoms. The van der Waals surface area contributed by atoms with Crippen LogP contribution in [0.1, 0.15) is 17.0 Å². The largest absolute Gasteiger partial charge is 0.496 e. The van der Waals surface area contributed by atoms with Gasteiger partial charge in [0.2, 0.25) is 0 Å². The number of para-hydroxylation sites is 1. The Labute approximate surface area is 174 Å². The molecule has 0 spiro atoms. The fraction of sp³-hybridized carbons (Fsp3) is 0.217. The third-order valence-electron chi connectivity index (χ3n) is 4.82. The molecule has 1 aliphatic heterocycles. The lowest BCUT2D eigenvalue weighted by Gasteiger charge is -2.30. The van der Waals surface area contributed by atoms with Gasteiger partial charge in [0.05, 0.1) is 44.9 Å². The minimum absolute atomic E-state index is 0.238. The number of ether oxygens (including phenoxy) is 3. The molecule has 0 bridgehead atoms. The fourth-order valence-corrected chi connectivity index (χ4v) is 3.42. The summed E-state index contributed by atoms with van der Waals surface area (Å²) in [4.78, 5) is 26.9. The van der Waals surface area contributed by atoms with E-state index < -0.39 is 23.7 Å². The first-order chi connectivity index (χ1) is 14.5. The van der Waals surface area contributed by atoms with Crippen LogP contribution < -0.4 is 4.74 Å². The Morgan fingerprint density at radius 3 is 2.00 bits per heavy atom. The number of hydrogen-bond donors (Lipinski definition) is 0. The summed E-state index contributed by atoms with van der Waals surface area (Å²) in [6.45, 7) is 0.348. The van der Waals surface area contributed by atoms with E-state index in [0.29, 0.717) is 17.9 Å². The van der Waals surface area contributed by atoms with Gasteiger partial charge in [-0.2, -0.15) is 0 Å². The van der Waals surface area contributed by atoms with E-state index in [1.54, 1.807) is 24.4 Å². The number of hydrogen-bond acceptors (Lipinski definition) is 6. The summed E-state index contributed by atoms with van der Waals surface area (Å²) in [6.07, 6.45) is 3.25. The summed E-state index contributed by atoms with van der Waals surface area (Å²) in [5, 5.41) is 0. The molecule has 0 saturated carbocycles. The maximum Gasteiger partial charge on any atom is 0.336 e. The molecule has 3 rings (SSSR count). The van der Waals surface area contributed by atoms with Crippen LogP contribution in [0.15, 0.2) is 72.1 Å². The van der Waals surface area contributed by atoms with Crippen molar-refractivity contribution in [2.24, 2.45) is 0 Å². The van der Waals surface area contributed by atoms with Gasteiger partial charge in [-0.1, -0.05) is 30.3 Å². The molecule has 2 aromatic rings. The molecule has 0 atom stereocenters. The molecule has 0 aliphatic carbocycles. The highest BCUT2D eigenvalue weighted by atomic mass is 19.1. The van der Waals surface area contributed by atoms with Crippen molar-refractivity contribution in [3.63, 3.8) is 0 Å². The molecular formula is C23H22FNO5. The second-order valence-corrected chi connectivity index (χ2v) is 6.62. The molecular weight excluding hydrogens is 389 g/mol. The first kappa shape index (κ1) is 21.1. The van der Waals surface area contributed by atoms with E-state index in [1.807, 2.05) is 24.3 Å². The van der Waals surface area contributed by atoms with Crippen LogP contribution in [0.5, 0.6) is 5.75 Å². The van der Waals surface area contributed by atoms with Crippen molar-refractivity contribution >= 4 is 11.9 Å². The lowest BCUT2D eigenvalue weighted by atomic mass is 9.83. The second kappa shape index (κ2) is 9.26. The van der Waals surface area contributed by atoms with Crippen molar-refractivity contribution in [3.8, 4) is 5.75 Å². The molecule has 0 radical (unpaired) electrons. The zero-order valence-corrected chi connectivity index (χ0v) is 16.9. The molecule has 2 aromatic carbocycles. The van der Waals surface area contributed by atoms with E-state index >= 15 is 0 Å². The van der Waals surface area contributed by atoms with Gasteiger partial charge in [-0.15, -0.1) is 0 Å². The van der Waals surface area contributed by atoms with E-state index in [-0.39, 0.29) is 11.1 Å². The van der Waals surface area contributed by atoms with Crippen LogP contribution in [0.2, 0.25) is 0 Å². The Kier molecular flexibility index (Phi) is 6.51. The van der Waals surface area contributed by atoms with Crippen LogP contribution in [0.3, 0.4) is 0 Å². The van der Waals surface area contributed by atoms with Crippen molar-refractivity contribution in [3.05, 3.63) is 89.0 Å². The second-order valence-electron chi connectivity index (χ2n) is 6.62. The average molecular weight is 411 g/mol. The lowest BCUT2D eigenvalue weighted by molar-refractivity contribution is -0.137. The number of esters is 2. The number of carbonyl (C=O) groups is 2. The molecule has 7 heteroatoms. The molecule has 1 heterocycles. The summed E-state index contributed by atoms with van der Waals surface area (Å²) < 4.78 is 28.8. The molecule has 6 nitrogen and oxygen atoms in total. The van der Waals surface area contributed by atoms with Crippen molar-refractivity contribution in [1.29, 1.82) is 0 Å². The number of halogens is 1. The maximum absolute atomic E-state index is 13.4. The van der Waals surface area contributed by atoms with Crippen LogP contribution >= 0.6 is 0 Å². The topological polar surface area (TPSA) is 65.1 Å². The Morgan fingerprint density at radius 2 is 1.47 bits per heavy atom. The molecule has 1 aliphatic rings. The maximum atomic E-state index is 13.4. The molecule has 0 unspecified atom stereocenters. The molecule has 0 amide bonds. The van der Waals surface area contributed by atoms with Crippen LogP contribution in [0.25, 0.3) is 0 Å². The Hall–Kier alpha value is -3.61. The fourth-order valence-electron chi connectivity index (χ4n) is 3.42. The third kappa shape index (κ3) is 4.35. The van der Waals surface area contributed by atoms with Gasteiger partial charge in [0, 0.05) is 18.0 Å². The van der Waals surface area contributed by atoms with Crippen LogP contribution in [-0.2, 0) is 25.6 Å². The van der Waals surface area contributed by atoms with E-state index in [0.717, 1.165) is 5.56 Å². The van der Waals surface area contributed by atoms with Gasteiger partial charge in [-0.3, -0.25) is 0 Å². The van der Waals surface area contributed by atoms with Crippen LogP contribution in [0.4, 0.5) is 4.39 Å². The molecule has 0 fully saturated rings. The molecule has 0 saturated heterocycles. The van der Waals surface area contributed by atoms with E-state index in [1.165, 1.54) is 38.5 Å². The Balaban J connectivity index is 2.08. The zero-order chi connectivity index (χ0) is 21.7. The zero-order valence-electron chi connectivity index (χ0n) is 16.9. The summed E-state index contributed by atoms with van der Waals surface area (Å²) in [5.74, 6) is -1.68. The van der Waals surface area contributed by atoms with Gasteiger partial charge in [0.1, 0.15) is 11.6 Å². The quantitative estimate of drug-likeness (QED) is 0.678. The minimum Gasteiger partial charge on any atom is -0.496 e. The molecule has 0 aromatic heterocycles. The number of rotatable bonds is 6. The van der Waals surface area contributed by atoms with Crippen molar-refractivity contribution in [2.75, 3.05) is 21.3 Å². The SMILES string of the molecule is COC(=O)C1=CN(Cc2ccccc2OC)C=C(C(=O)OC)C1c1ccc(F)cc1. The summed E-state index contributed by atoms with van der Waals surface area (Å²) in [5.41, 5.74) is 1.91. The first-order valence-corrected chi connectivity index (χ1v) is 9.21. The van der Waals surface area contributed by atoms with E-state index in [4.69, 9.17) is 14.2 Å². The van der Waals surface area contributed by atoms with Crippen molar-refractivity contribution in [1.82, 2.24) is 4.90 Å². The van der Waals surface area contributed by atoms with Gasteiger partial charge in [-0.25, -0.2) is 14.0 Å². The van der Waals surface area contributed by atoms with Crippen LogP contribution in [0, 0.1) is 5.82 Å². The van der Waals surface area contributed by atoms with Gasteiger partial charge in [-0.05, 0) is 23.8 Å². The predicted octanol–water partition coefficient (Wildman–Crippen LogP) is 3.55. The first-order valence-electron chi connectivity index (χ1n) is 9.21. The Bertz CT molecular complexity index is 963. The number of carbonyl (C=O) groups excluding carboxylic acids is 2. The van der Waals surface area contributed by atoms with Gasteiger partial charge >= 0.3 is 11.9 Å². The average Bonchev–Trinajstić information content (AvgIpc) is 2.78. The highest BCUT2D eigenvalue weighted by Crippen LogP contribution is 2.37. The lowest BCUT2D eigenvalue weighted by Crippen LogP contribution is -2.28. The highest BCUT2D eigenvalue weighted by Gasteiger charge is 2.35. The molecule has 156 valence electrons. The highest BCUT2D eigenvalue weighted by molar-refractivity contribution is 5.98. The van der Waals surface area contributed by atoms with Crippen LogP contribution in [-0.4, -0.2) is 38.2 Å². The predicted molar refractivity (Wildman–Crippen MR) is 108 cm³/mol. The number of methoxy groups -OCH3 is 3. The monoisotopic (exact) mass is 411 g/mol.